The van der Waals surface area contributed by atoms with E-state index in [1.54, 1.807) is 30.5 Å². The first-order valence-electron chi connectivity index (χ1n) is 7.85. The van der Waals surface area contributed by atoms with Crippen molar-refractivity contribution >= 4 is 30.7 Å². The quantitative estimate of drug-likeness (QED) is 0.735. The molecular weight excluding hydrogens is 380 g/mol. The van der Waals surface area contributed by atoms with E-state index < -0.39 is 6.04 Å². The first-order valence-corrected chi connectivity index (χ1v) is 7.85. The molecule has 0 spiro atoms. The average Bonchev–Trinajstić information content (AvgIpc) is 2.53. The number of benzene rings is 1. The highest BCUT2D eigenvalue weighted by atomic mass is 35.5. The molecule has 0 unspecified atom stereocenters. The Morgan fingerprint density at radius 3 is 2.58 bits per heavy atom. The van der Waals surface area contributed by atoms with Crippen LogP contribution in [0.25, 0.3) is 0 Å². The Bertz CT molecular complexity index is 684. The first kappa shape index (κ1) is 24.1. The lowest BCUT2D eigenvalue weighted by molar-refractivity contribution is -0.122. The van der Waals surface area contributed by atoms with Crippen LogP contribution in [0.4, 0.5) is 4.39 Å². The number of pyridine rings is 1. The number of aromatic nitrogens is 1. The van der Waals surface area contributed by atoms with Crippen LogP contribution in [-0.2, 0) is 11.3 Å². The average molecular weight is 404 g/mol. The Morgan fingerprint density at radius 1 is 1.27 bits per heavy atom. The Morgan fingerprint density at radius 2 is 2.00 bits per heavy atom. The zero-order chi connectivity index (χ0) is 17.5. The van der Waals surface area contributed by atoms with E-state index in [2.05, 4.69) is 10.3 Å². The van der Waals surface area contributed by atoms with Crippen LogP contribution in [0.5, 0.6) is 11.6 Å². The number of hydrogen-bond donors (Lipinski definition) is 2. The van der Waals surface area contributed by atoms with Crippen LogP contribution in [0.15, 0.2) is 42.6 Å². The van der Waals surface area contributed by atoms with Crippen LogP contribution in [0.3, 0.4) is 0 Å². The molecule has 3 N–H and O–H groups in total. The van der Waals surface area contributed by atoms with Crippen LogP contribution < -0.4 is 15.8 Å². The lowest BCUT2D eigenvalue weighted by Crippen LogP contribution is -2.41. The highest BCUT2D eigenvalue weighted by Gasteiger charge is 2.14. The number of carbonyl (C=O) groups excluding carboxylic acids is 1. The third-order valence-electron chi connectivity index (χ3n) is 3.34. The van der Waals surface area contributed by atoms with Crippen molar-refractivity contribution < 1.29 is 13.9 Å². The molecule has 0 saturated heterocycles. The summed E-state index contributed by atoms with van der Waals surface area (Å²) >= 11 is 0. The van der Waals surface area contributed by atoms with Gasteiger partial charge in [0, 0.05) is 24.9 Å². The molecule has 1 aromatic heterocycles. The fraction of sp³-hybridized carbons (Fsp3) is 0.333. The largest absolute Gasteiger partial charge is 0.439 e. The van der Waals surface area contributed by atoms with Crippen molar-refractivity contribution in [2.45, 2.75) is 32.9 Å². The molecule has 0 fully saturated rings. The molecule has 1 amide bonds. The van der Waals surface area contributed by atoms with Crippen LogP contribution >= 0.6 is 24.8 Å². The predicted octanol–water partition coefficient (Wildman–Crippen LogP) is 3.85. The summed E-state index contributed by atoms with van der Waals surface area (Å²) in [7, 11) is 0. The Labute approximate surface area is 165 Å². The summed E-state index contributed by atoms with van der Waals surface area (Å²) in [5.41, 5.74) is 6.65. The molecule has 0 saturated carbocycles. The normalized spacial score (nSPS) is 11.1. The molecule has 8 heteroatoms. The van der Waals surface area contributed by atoms with Crippen molar-refractivity contribution in [1.29, 1.82) is 0 Å². The summed E-state index contributed by atoms with van der Waals surface area (Å²) in [5.74, 6) is 0.551. The molecule has 26 heavy (non-hydrogen) atoms. The van der Waals surface area contributed by atoms with Gasteiger partial charge in [-0.2, -0.15) is 0 Å². The lowest BCUT2D eigenvalue weighted by Gasteiger charge is -2.14. The van der Waals surface area contributed by atoms with Crippen LogP contribution in [0.2, 0.25) is 0 Å². The Balaban J connectivity index is 0.00000312. The van der Waals surface area contributed by atoms with E-state index in [0.29, 0.717) is 30.5 Å². The SMILES string of the molecule is CC(C)C[C@H](N)C(=O)NCc1ccc(Oc2cccc(F)c2)nc1.Cl.Cl. The molecule has 5 nitrogen and oxygen atoms in total. The van der Waals surface area contributed by atoms with Gasteiger partial charge in [0.2, 0.25) is 11.8 Å². The molecule has 1 atom stereocenters. The molecule has 1 aromatic carbocycles. The van der Waals surface area contributed by atoms with E-state index in [1.807, 2.05) is 13.8 Å². The van der Waals surface area contributed by atoms with Gasteiger partial charge in [0.15, 0.2) is 0 Å². The van der Waals surface area contributed by atoms with Gasteiger partial charge in [-0.3, -0.25) is 4.79 Å². The van der Waals surface area contributed by atoms with E-state index in [1.165, 1.54) is 12.1 Å². The zero-order valence-corrected chi connectivity index (χ0v) is 16.3. The van der Waals surface area contributed by atoms with Gasteiger partial charge in [0.1, 0.15) is 11.6 Å². The number of hydrogen-bond acceptors (Lipinski definition) is 4. The number of halogens is 3. The van der Waals surface area contributed by atoms with Gasteiger partial charge >= 0.3 is 0 Å². The predicted molar refractivity (Wildman–Crippen MR) is 104 cm³/mol. The second kappa shape index (κ2) is 11.7. The van der Waals surface area contributed by atoms with Crippen molar-refractivity contribution in [2.75, 3.05) is 0 Å². The van der Waals surface area contributed by atoms with Gasteiger partial charge in [-0.15, -0.1) is 24.8 Å². The van der Waals surface area contributed by atoms with E-state index in [0.717, 1.165) is 5.56 Å². The number of nitrogens with zero attached hydrogens (tertiary/aromatic N) is 1. The third-order valence-corrected chi connectivity index (χ3v) is 3.34. The van der Waals surface area contributed by atoms with Crippen LogP contribution in [0.1, 0.15) is 25.8 Å². The standard InChI is InChI=1S/C18H22FN3O2.2ClH/c1-12(2)8-16(20)18(23)22-11-13-6-7-17(21-10-13)24-15-5-3-4-14(19)9-15;;/h3-7,9-10,12,16H,8,11,20H2,1-2H3,(H,22,23);2*1H/t16-;;/m0../s1. The van der Waals surface area contributed by atoms with Crippen molar-refractivity contribution in [2.24, 2.45) is 11.7 Å². The van der Waals surface area contributed by atoms with E-state index >= 15 is 0 Å². The summed E-state index contributed by atoms with van der Waals surface area (Å²) in [6.45, 7) is 4.39. The highest BCUT2D eigenvalue weighted by molar-refractivity contribution is 5.85. The van der Waals surface area contributed by atoms with Crippen molar-refractivity contribution in [3.63, 3.8) is 0 Å². The maximum absolute atomic E-state index is 13.1. The molecule has 0 radical (unpaired) electrons. The maximum Gasteiger partial charge on any atom is 0.237 e. The van der Waals surface area contributed by atoms with Gasteiger partial charge in [0.25, 0.3) is 0 Å². The van der Waals surface area contributed by atoms with E-state index in [-0.39, 0.29) is 36.5 Å². The summed E-state index contributed by atoms with van der Waals surface area (Å²) < 4.78 is 18.6. The van der Waals surface area contributed by atoms with Crippen LogP contribution in [-0.4, -0.2) is 16.9 Å². The molecule has 1 heterocycles. The van der Waals surface area contributed by atoms with Gasteiger partial charge in [-0.25, -0.2) is 9.37 Å². The maximum atomic E-state index is 13.1. The molecule has 0 bridgehead atoms. The fourth-order valence-corrected chi connectivity index (χ4v) is 2.16. The van der Waals surface area contributed by atoms with Gasteiger partial charge in [-0.05, 0) is 30.0 Å². The fourth-order valence-electron chi connectivity index (χ4n) is 2.16. The van der Waals surface area contributed by atoms with E-state index in [4.69, 9.17) is 10.5 Å². The second-order valence-corrected chi connectivity index (χ2v) is 6.02. The molecular formula is C18H24Cl2FN3O2. The van der Waals surface area contributed by atoms with E-state index in [9.17, 15) is 9.18 Å². The number of nitrogens with one attached hydrogen (secondary N) is 1. The van der Waals surface area contributed by atoms with Crippen molar-refractivity contribution in [3.05, 3.63) is 54.0 Å². The first-order chi connectivity index (χ1) is 11.4. The molecule has 0 aliphatic rings. The Kier molecular flexibility index (Phi) is 10.8. The minimum Gasteiger partial charge on any atom is -0.439 e. The van der Waals surface area contributed by atoms with Gasteiger partial charge < -0.3 is 15.8 Å². The minimum absolute atomic E-state index is 0. The summed E-state index contributed by atoms with van der Waals surface area (Å²) in [6, 6.07) is 8.79. The molecule has 144 valence electrons. The number of rotatable bonds is 7. The Hall–Kier alpha value is -1.89. The number of nitrogens with two attached hydrogens (primary N) is 1. The highest BCUT2D eigenvalue weighted by Crippen LogP contribution is 2.20. The monoisotopic (exact) mass is 403 g/mol. The zero-order valence-electron chi connectivity index (χ0n) is 14.6. The van der Waals surface area contributed by atoms with Gasteiger partial charge in [-0.1, -0.05) is 26.0 Å². The number of carbonyl (C=O) groups is 1. The summed E-state index contributed by atoms with van der Waals surface area (Å²) in [6.07, 6.45) is 2.24. The van der Waals surface area contributed by atoms with Gasteiger partial charge in [0.05, 0.1) is 6.04 Å². The van der Waals surface area contributed by atoms with Crippen molar-refractivity contribution in [1.82, 2.24) is 10.3 Å². The second-order valence-electron chi connectivity index (χ2n) is 6.02. The summed E-state index contributed by atoms with van der Waals surface area (Å²) in [4.78, 5) is 16.0. The summed E-state index contributed by atoms with van der Waals surface area (Å²) in [5, 5.41) is 2.79. The number of ether oxygens (including phenoxy) is 1. The molecule has 2 rings (SSSR count). The number of amides is 1. The molecule has 2 aromatic rings. The van der Waals surface area contributed by atoms with Crippen LogP contribution in [0, 0.1) is 11.7 Å². The topological polar surface area (TPSA) is 77.2 Å². The smallest absolute Gasteiger partial charge is 0.237 e. The molecule has 0 aliphatic heterocycles. The van der Waals surface area contributed by atoms with Crippen molar-refractivity contribution in [3.8, 4) is 11.6 Å². The lowest BCUT2D eigenvalue weighted by atomic mass is 10.0. The third kappa shape index (κ3) is 7.99. The minimum atomic E-state index is -0.506. The molecule has 0 aliphatic carbocycles.